The van der Waals surface area contributed by atoms with E-state index in [1.54, 1.807) is 12.3 Å². The molecule has 0 unspecified atom stereocenters. The molecule has 1 aliphatic rings. The molecule has 4 amide bonds. The smallest absolute Gasteiger partial charge is 0.251 e. The van der Waals surface area contributed by atoms with Crippen molar-refractivity contribution in [2.24, 2.45) is 28.3 Å². The Morgan fingerprint density at radius 2 is 1.68 bits per heavy atom. The molecule has 0 spiro atoms. The first-order valence-corrected chi connectivity index (χ1v) is 13.9. The Hall–Kier alpha value is -3.49. The minimum Gasteiger partial charge on any atom is -0.365 e. The van der Waals surface area contributed by atoms with Gasteiger partial charge in [-0.05, 0) is 57.3 Å². The fourth-order valence-corrected chi connectivity index (χ4v) is 4.55. The average Bonchev–Trinajstić information content (AvgIpc) is 3.34. The summed E-state index contributed by atoms with van der Waals surface area (Å²) in [6.45, 7) is 10.3. The topological polar surface area (TPSA) is 227 Å². The number of likely N-dealkylation sites (N-methyl/N-ethyl adjacent to an activating group) is 1. The van der Waals surface area contributed by atoms with Crippen LogP contribution in [0.15, 0.2) is 4.99 Å². The fraction of sp³-hybridized carbons (Fsp3) is 0.800. The summed E-state index contributed by atoms with van der Waals surface area (Å²) in [4.78, 5) is 68.2. The number of amides is 4. The molecule has 15 nitrogen and oxygen atoms in total. The molecule has 0 bridgehead atoms. The lowest BCUT2D eigenvalue weighted by molar-refractivity contribution is -0.525. The normalized spacial score (nSPS) is 17.8. The number of aliphatic imine (C=N–C) groups is 1. The van der Waals surface area contributed by atoms with Crippen molar-refractivity contribution < 1.29 is 24.2 Å². The third kappa shape index (κ3) is 12.1. The van der Waals surface area contributed by atoms with Crippen molar-refractivity contribution >= 4 is 29.6 Å². The van der Waals surface area contributed by atoms with Gasteiger partial charge in [0, 0.05) is 19.6 Å². The molecule has 1 fully saturated rings. The van der Waals surface area contributed by atoms with E-state index in [1.165, 1.54) is 4.90 Å². The Morgan fingerprint density at radius 1 is 1.05 bits per heavy atom. The molecule has 15 heteroatoms. The highest BCUT2D eigenvalue weighted by atomic mass is 16.7. The number of nitrogens with one attached hydrogen (secondary N) is 4. The lowest BCUT2D eigenvalue weighted by atomic mass is 10.00. The standard InChI is InChI=1S/C25H47N9O6/c1-6-28-23(37)20-10-8-12-33(20)24(38)18(9-7-11-29-25(27)32-34(39)40)30-22(36)19(14-16(4)5)31-21(35)17(26)13-15(2)3/h15-20H,6-14,26H2,1-5H3,(H,28,37)(H,30,36)(H,31,35)(H3,27,29,32)/t17-,18+,19+,20+/m1/s1. The van der Waals surface area contributed by atoms with Crippen LogP contribution in [0.3, 0.4) is 0 Å². The van der Waals surface area contributed by atoms with E-state index in [1.807, 2.05) is 27.7 Å². The van der Waals surface area contributed by atoms with Gasteiger partial charge in [0.05, 0.1) is 6.04 Å². The number of nitrogens with zero attached hydrogens (tertiary/aromatic N) is 3. The number of nitro groups is 1. The molecule has 1 aliphatic heterocycles. The van der Waals surface area contributed by atoms with Gasteiger partial charge in [0.2, 0.25) is 23.6 Å². The van der Waals surface area contributed by atoms with Gasteiger partial charge < -0.3 is 32.3 Å². The second-order valence-corrected chi connectivity index (χ2v) is 10.9. The van der Waals surface area contributed by atoms with E-state index >= 15 is 0 Å². The van der Waals surface area contributed by atoms with E-state index in [9.17, 15) is 29.3 Å². The van der Waals surface area contributed by atoms with Gasteiger partial charge in [0.15, 0.2) is 5.03 Å². The summed E-state index contributed by atoms with van der Waals surface area (Å²) in [7, 11) is 0. The molecule has 0 aromatic rings. The maximum absolute atomic E-state index is 13.6. The van der Waals surface area contributed by atoms with Gasteiger partial charge in [-0.3, -0.25) is 19.2 Å². The zero-order chi connectivity index (χ0) is 30.4. The van der Waals surface area contributed by atoms with Crippen LogP contribution in [0.2, 0.25) is 0 Å². The van der Waals surface area contributed by atoms with E-state index in [-0.39, 0.29) is 43.1 Å². The van der Waals surface area contributed by atoms with Gasteiger partial charge in [-0.2, -0.15) is 0 Å². The molecule has 1 saturated heterocycles. The number of carbonyl (C=O) groups is 4. The van der Waals surface area contributed by atoms with E-state index < -0.39 is 46.9 Å². The second-order valence-electron chi connectivity index (χ2n) is 10.9. The van der Waals surface area contributed by atoms with Crippen LogP contribution < -0.4 is 32.8 Å². The number of guanidine groups is 1. The Labute approximate surface area is 235 Å². The van der Waals surface area contributed by atoms with Crippen molar-refractivity contribution in [2.45, 2.75) is 97.3 Å². The van der Waals surface area contributed by atoms with Crippen molar-refractivity contribution in [1.29, 1.82) is 0 Å². The number of likely N-dealkylation sites (tertiary alicyclic amines) is 1. The van der Waals surface area contributed by atoms with E-state index in [0.29, 0.717) is 38.8 Å². The summed E-state index contributed by atoms with van der Waals surface area (Å²) in [5.41, 5.74) is 13.2. The first-order chi connectivity index (χ1) is 18.8. The minimum absolute atomic E-state index is 0.0543. The summed E-state index contributed by atoms with van der Waals surface area (Å²) in [6.07, 6.45) is 2.32. The molecular formula is C25H47N9O6. The van der Waals surface area contributed by atoms with Gasteiger partial charge in [0.1, 0.15) is 18.1 Å². The number of hydrazine groups is 1. The highest BCUT2D eigenvalue weighted by Gasteiger charge is 2.38. The van der Waals surface area contributed by atoms with Crippen LogP contribution in [-0.4, -0.2) is 83.3 Å². The quantitative estimate of drug-likeness (QED) is 0.0457. The molecule has 0 aromatic heterocycles. The van der Waals surface area contributed by atoms with Crippen LogP contribution in [0.4, 0.5) is 0 Å². The fourth-order valence-electron chi connectivity index (χ4n) is 4.55. The predicted molar refractivity (Wildman–Crippen MR) is 150 cm³/mol. The lowest BCUT2D eigenvalue weighted by Gasteiger charge is -2.30. The highest BCUT2D eigenvalue weighted by molar-refractivity contribution is 5.95. The maximum atomic E-state index is 13.6. The summed E-state index contributed by atoms with van der Waals surface area (Å²) in [5.74, 6) is -1.81. The number of hydrogen-bond donors (Lipinski definition) is 6. The summed E-state index contributed by atoms with van der Waals surface area (Å²) in [6, 6.07) is -3.36. The van der Waals surface area contributed by atoms with Crippen molar-refractivity contribution in [3.63, 3.8) is 0 Å². The Balaban J connectivity index is 3.11. The molecule has 0 saturated carbocycles. The van der Waals surface area contributed by atoms with Crippen molar-refractivity contribution in [3.05, 3.63) is 10.1 Å². The third-order valence-electron chi connectivity index (χ3n) is 6.35. The summed E-state index contributed by atoms with van der Waals surface area (Å²) >= 11 is 0. The molecule has 4 atom stereocenters. The average molecular weight is 570 g/mol. The predicted octanol–water partition coefficient (Wildman–Crippen LogP) is -0.621. The van der Waals surface area contributed by atoms with Gasteiger partial charge in [-0.1, -0.05) is 33.1 Å². The van der Waals surface area contributed by atoms with Crippen LogP contribution in [0.5, 0.6) is 0 Å². The van der Waals surface area contributed by atoms with Crippen LogP contribution in [0, 0.1) is 22.0 Å². The molecule has 1 rings (SSSR count). The SMILES string of the molecule is CCNC(=O)[C@@H]1CCCN1C(=O)[C@H](CCCN=C(N)N[N+](=O)[O-])NC(=O)[C@H](CC(C)C)NC(=O)[C@H](N)CC(C)C. The third-order valence-corrected chi connectivity index (χ3v) is 6.35. The number of carbonyl (C=O) groups excluding carboxylic acids is 4. The Kier molecular flexibility index (Phi) is 14.9. The van der Waals surface area contributed by atoms with Crippen LogP contribution >= 0.6 is 0 Å². The minimum atomic E-state index is -1.02. The summed E-state index contributed by atoms with van der Waals surface area (Å²) < 4.78 is 0. The molecular weight excluding hydrogens is 522 g/mol. The van der Waals surface area contributed by atoms with Crippen molar-refractivity contribution in [3.8, 4) is 0 Å². The highest BCUT2D eigenvalue weighted by Crippen LogP contribution is 2.20. The van der Waals surface area contributed by atoms with Gasteiger partial charge in [0.25, 0.3) is 5.96 Å². The molecule has 1 heterocycles. The molecule has 228 valence electrons. The molecule has 0 aliphatic carbocycles. The van der Waals surface area contributed by atoms with E-state index in [0.717, 1.165) is 0 Å². The number of rotatable bonds is 16. The van der Waals surface area contributed by atoms with Crippen molar-refractivity contribution in [2.75, 3.05) is 19.6 Å². The van der Waals surface area contributed by atoms with Crippen LogP contribution in [0.1, 0.15) is 73.1 Å². The van der Waals surface area contributed by atoms with Crippen LogP contribution in [-0.2, 0) is 19.2 Å². The largest absolute Gasteiger partial charge is 0.365 e. The van der Waals surface area contributed by atoms with E-state index in [2.05, 4.69) is 20.9 Å². The second kappa shape index (κ2) is 17.3. The Morgan fingerprint density at radius 3 is 2.25 bits per heavy atom. The van der Waals surface area contributed by atoms with Gasteiger partial charge in [-0.25, -0.2) is 15.1 Å². The zero-order valence-electron chi connectivity index (χ0n) is 24.3. The van der Waals surface area contributed by atoms with Crippen LogP contribution in [0.25, 0.3) is 0 Å². The molecule has 40 heavy (non-hydrogen) atoms. The monoisotopic (exact) mass is 569 g/mol. The zero-order valence-corrected chi connectivity index (χ0v) is 24.3. The van der Waals surface area contributed by atoms with E-state index in [4.69, 9.17) is 11.5 Å². The maximum Gasteiger partial charge on any atom is 0.251 e. The van der Waals surface area contributed by atoms with Crippen molar-refractivity contribution in [1.82, 2.24) is 26.3 Å². The molecule has 0 aromatic carbocycles. The Bertz CT molecular complexity index is 911. The summed E-state index contributed by atoms with van der Waals surface area (Å²) in [5, 5.41) is 17.9. The first-order valence-electron chi connectivity index (χ1n) is 13.9. The van der Waals surface area contributed by atoms with Gasteiger partial charge >= 0.3 is 0 Å². The molecule has 0 radical (unpaired) electrons. The lowest BCUT2D eigenvalue weighted by Crippen LogP contribution is -2.58. The first kappa shape index (κ1) is 34.5. The van der Waals surface area contributed by atoms with Gasteiger partial charge in [-0.15, -0.1) is 0 Å². The number of nitrogens with two attached hydrogens (primary N) is 2. The molecule has 8 N–H and O–H groups in total. The number of hydrogen-bond acceptors (Lipinski definition) is 8.